The lowest BCUT2D eigenvalue weighted by Gasteiger charge is -2.16. The first-order chi connectivity index (χ1) is 7.89. The molecule has 0 fully saturated rings. The Kier molecular flexibility index (Phi) is 8.41. The van der Waals surface area contributed by atoms with Crippen molar-refractivity contribution < 1.29 is 23.1 Å². The molecule has 1 atom stereocenters. The van der Waals surface area contributed by atoms with E-state index in [4.69, 9.17) is 5.11 Å². The summed E-state index contributed by atoms with van der Waals surface area (Å²) in [6, 6.07) is 0. The van der Waals surface area contributed by atoms with E-state index in [0.29, 0.717) is 6.54 Å². The molecule has 0 saturated carbocycles. The van der Waals surface area contributed by atoms with Crippen molar-refractivity contribution in [3.05, 3.63) is 0 Å². The fourth-order valence-electron chi connectivity index (χ4n) is 1.26. The lowest BCUT2D eigenvalue weighted by atomic mass is 10.1. The van der Waals surface area contributed by atoms with Gasteiger partial charge >= 0.3 is 12.1 Å². The molecule has 0 aliphatic rings. The van der Waals surface area contributed by atoms with Gasteiger partial charge in [0.15, 0.2) is 5.92 Å². The standard InChI is InChI=1S/C10H18F3NO2S/c1-17-6-4-2-3-5-14-7-8(9(15)16)10(11,12)13/h8,14H,2-7H2,1H3,(H,15,16). The van der Waals surface area contributed by atoms with Crippen LogP contribution in [0.25, 0.3) is 0 Å². The second-order valence-corrected chi connectivity index (χ2v) is 4.68. The number of carbonyl (C=O) groups is 1. The molecule has 0 saturated heterocycles. The monoisotopic (exact) mass is 273 g/mol. The maximum absolute atomic E-state index is 12.2. The first kappa shape index (κ1) is 16.6. The molecular weight excluding hydrogens is 255 g/mol. The van der Waals surface area contributed by atoms with Crippen LogP contribution < -0.4 is 5.32 Å². The highest BCUT2D eigenvalue weighted by Gasteiger charge is 2.44. The molecule has 7 heteroatoms. The van der Waals surface area contributed by atoms with Crippen molar-refractivity contribution in [2.24, 2.45) is 5.92 Å². The molecule has 2 N–H and O–H groups in total. The zero-order valence-corrected chi connectivity index (χ0v) is 10.5. The molecular formula is C10H18F3NO2S. The maximum Gasteiger partial charge on any atom is 0.403 e. The van der Waals surface area contributed by atoms with Crippen molar-refractivity contribution in [2.45, 2.75) is 25.4 Å². The lowest BCUT2D eigenvalue weighted by molar-refractivity contribution is -0.192. The first-order valence-corrected chi connectivity index (χ1v) is 6.78. The van der Waals surface area contributed by atoms with Crippen LogP contribution >= 0.6 is 11.8 Å². The number of hydrogen-bond acceptors (Lipinski definition) is 3. The number of unbranched alkanes of at least 4 members (excludes halogenated alkanes) is 2. The molecule has 0 amide bonds. The van der Waals surface area contributed by atoms with Crippen LogP contribution in [0, 0.1) is 5.92 Å². The first-order valence-electron chi connectivity index (χ1n) is 5.38. The van der Waals surface area contributed by atoms with Gasteiger partial charge in [-0.3, -0.25) is 4.79 Å². The van der Waals surface area contributed by atoms with Gasteiger partial charge in [0.05, 0.1) is 0 Å². The second-order valence-electron chi connectivity index (χ2n) is 3.69. The maximum atomic E-state index is 12.2. The predicted molar refractivity (Wildman–Crippen MR) is 62.3 cm³/mol. The molecule has 3 nitrogen and oxygen atoms in total. The topological polar surface area (TPSA) is 49.3 Å². The van der Waals surface area contributed by atoms with E-state index in [1.807, 2.05) is 6.26 Å². The molecule has 17 heavy (non-hydrogen) atoms. The Hall–Kier alpha value is -0.430. The zero-order chi connectivity index (χ0) is 13.3. The number of aliphatic carboxylic acids is 1. The van der Waals surface area contributed by atoms with Gasteiger partial charge in [-0.2, -0.15) is 24.9 Å². The summed E-state index contributed by atoms with van der Waals surface area (Å²) in [5, 5.41) is 11.0. The fourth-order valence-corrected chi connectivity index (χ4v) is 1.76. The molecule has 0 aromatic carbocycles. The smallest absolute Gasteiger partial charge is 0.403 e. The van der Waals surface area contributed by atoms with Gasteiger partial charge in [0.2, 0.25) is 0 Å². The Morgan fingerprint density at radius 2 is 2.00 bits per heavy atom. The summed E-state index contributed by atoms with van der Waals surface area (Å²) in [5.41, 5.74) is 0. The Labute approximate surface area is 103 Å². The summed E-state index contributed by atoms with van der Waals surface area (Å²) in [4.78, 5) is 10.4. The van der Waals surface area contributed by atoms with E-state index in [-0.39, 0.29) is 0 Å². The van der Waals surface area contributed by atoms with Crippen LogP contribution in [0.1, 0.15) is 19.3 Å². The van der Waals surface area contributed by atoms with Gasteiger partial charge in [-0.1, -0.05) is 6.42 Å². The number of halogens is 3. The minimum atomic E-state index is -4.68. The number of nitrogens with one attached hydrogen (secondary N) is 1. The Bertz CT molecular complexity index is 224. The third kappa shape index (κ3) is 8.31. The van der Waals surface area contributed by atoms with E-state index in [9.17, 15) is 18.0 Å². The molecule has 0 rings (SSSR count). The van der Waals surface area contributed by atoms with E-state index < -0.39 is 24.6 Å². The molecule has 1 unspecified atom stereocenters. The van der Waals surface area contributed by atoms with Crippen LogP contribution in [-0.2, 0) is 4.79 Å². The van der Waals surface area contributed by atoms with Gasteiger partial charge in [0, 0.05) is 6.54 Å². The van der Waals surface area contributed by atoms with Crippen LogP contribution in [-0.4, -0.2) is 42.4 Å². The highest BCUT2D eigenvalue weighted by atomic mass is 32.2. The Balaban J connectivity index is 3.67. The minimum absolute atomic E-state index is 0.425. The third-order valence-corrected chi connectivity index (χ3v) is 2.94. The van der Waals surface area contributed by atoms with Gasteiger partial charge < -0.3 is 10.4 Å². The molecule has 0 bridgehead atoms. The number of carboxylic acids is 1. The van der Waals surface area contributed by atoms with Crippen molar-refractivity contribution in [3.8, 4) is 0 Å². The van der Waals surface area contributed by atoms with E-state index in [2.05, 4.69) is 5.32 Å². The average Bonchev–Trinajstić information content (AvgIpc) is 2.19. The number of alkyl halides is 3. The van der Waals surface area contributed by atoms with E-state index in [1.54, 1.807) is 11.8 Å². The Morgan fingerprint density at radius 1 is 1.35 bits per heavy atom. The van der Waals surface area contributed by atoms with Crippen molar-refractivity contribution >= 4 is 17.7 Å². The normalized spacial score (nSPS) is 13.6. The van der Waals surface area contributed by atoms with E-state index in [0.717, 1.165) is 25.0 Å². The summed E-state index contributed by atoms with van der Waals surface area (Å²) in [6.45, 7) is -0.129. The van der Waals surface area contributed by atoms with Crippen LogP contribution in [0.15, 0.2) is 0 Å². The van der Waals surface area contributed by atoms with Gasteiger partial charge in [0.1, 0.15) is 0 Å². The number of hydrogen-bond donors (Lipinski definition) is 2. The molecule has 0 aromatic heterocycles. The third-order valence-electron chi connectivity index (χ3n) is 2.24. The van der Waals surface area contributed by atoms with E-state index >= 15 is 0 Å². The molecule has 0 aliphatic carbocycles. The summed E-state index contributed by atoms with van der Waals surface area (Å²) in [5.74, 6) is -3.10. The van der Waals surface area contributed by atoms with Gasteiger partial charge in [-0.15, -0.1) is 0 Å². The molecule has 0 spiro atoms. The van der Waals surface area contributed by atoms with Crippen LogP contribution in [0.4, 0.5) is 13.2 Å². The summed E-state index contributed by atoms with van der Waals surface area (Å²) < 4.78 is 36.7. The Morgan fingerprint density at radius 3 is 2.47 bits per heavy atom. The molecule has 0 radical (unpaired) electrons. The summed E-state index contributed by atoms with van der Waals surface area (Å²) >= 11 is 1.73. The van der Waals surface area contributed by atoms with Crippen molar-refractivity contribution in [1.29, 1.82) is 0 Å². The lowest BCUT2D eigenvalue weighted by Crippen LogP contribution is -2.39. The summed E-state index contributed by atoms with van der Waals surface area (Å²) in [7, 11) is 0. The number of rotatable bonds is 9. The quantitative estimate of drug-likeness (QED) is 0.633. The molecule has 0 heterocycles. The fraction of sp³-hybridized carbons (Fsp3) is 0.900. The molecule has 0 aliphatic heterocycles. The largest absolute Gasteiger partial charge is 0.481 e. The van der Waals surface area contributed by atoms with Gasteiger partial charge in [0.25, 0.3) is 0 Å². The predicted octanol–water partition coefficient (Wildman–Crippen LogP) is 2.37. The molecule has 102 valence electrons. The van der Waals surface area contributed by atoms with Crippen molar-refractivity contribution in [2.75, 3.05) is 25.1 Å². The van der Waals surface area contributed by atoms with E-state index in [1.165, 1.54) is 0 Å². The summed E-state index contributed by atoms with van der Waals surface area (Å²) in [6.07, 6.45) is 0.0591. The highest BCUT2D eigenvalue weighted by Crippen LogP contribution is 2.25. The number of thioether (sulfide) groups is 1. The van der Waals surface area contributed by atoms with Crippen LogP contribution in [0.5, 0.6) is 0 Å². The zero-order valence-electron chi connectivity index (χ0n) is 9.72. The highest BCUT2D eigenvalue weighted by molar-refractivity contribution is 7.98. The van der Waals surface area contributed by atoms with Crippen molar-refractivity contribution in [1.82, 2.24) is 5.32 Å². The van der Waals surface area contributed by atoms with Crippen LogP contribution in [0.2, 0.25) is 0 Å². The number of carboxylic acid groups (broad SMARTS) is 1. The van der Waals surface area contributed by atoms with Crippen molar-refractivity contribution in [3.63, 3.8) is 0 Å². The minimum Gasteiger partial charge on any atom is -0.481 e. The SMILES string of the molecule is CSCCCCCNCC(C(=O)O)C(F)(F)F. The van der Waals surface area contributed by atoms with Gasteiger partial charge in [-0.25, -0.2) is 0 Å². The molecule has 0 aromatic rings. The van der Waals surface area contributed by atoms with Gasteiger partial charge in [-0.05, 0) is 31.4 Å². The average molecular weight is 273 g/mol. The second kappa shape index (κ2) is 8.63. The van der Waals surface area contributed by atoms with Crippen LogP contribution in [0.3, 0.4) is 0 Å².